The van der Waals surface area contributed by atoms with Gasteiger partial charge in [0.25, 0.3) is 5.91 Å². The highest BCUT2D eigenvalue weighted by Gasteiger charge is 2.40. The lowest BCUT2D eigenvalue weighted by Gasteiger charge is -2.35. The minimum atomic E-state index is -0.640. The maximum atomic E-state index is 11.6. The van der Waals surface area contributed by atoms with Crippen molar-refractivity contribution in [3.05, 3.63) is 0 Å². The SMILES string of the molecule is CN1CC(=O)OC(C(C)(C)C)C1=O. The zero-order valence-corrected chi connectivity index (χ0v) is 8.46. The smallest absolute Gasteiger partial charge is 0.326 e. The molecule has 74 valence electrons. The summed E-state index contributed by atoms with van der Waals surface area (Å²) in [4.78, 5) is 24.0. The summed E-state index contributed by atoms with van der Waals surface area (Å²) in [6, 6.07) is 0. The van der Waals surface area contributed by atoms with Crippen LogP contribution in [0.15, 0.2) is 0 Å². The molecule has 0 aliphatic carbocycles. The number of morpholine rings is 1. The molecule has 4 nitrogen and oxygen atoms in total. The van der Waals surface area contributed by atoms with Gasteiger partial charge in [0, 0.05) is 12.5 Å². The van der Waals surface area contributed by atoms with E-state index in [4.69, 9.17) is 4.74 Å². The molecular formula is C9H15NO3. The summed E-state index contributed by atoms with van der Waals surface area (Å²) < 4.78 is 5.00. The number of hydrogen-bond acceptors (Lipinski definition) is 3. The lowest BCUT2D eigenvalue weighted by Crippen LogP contribution is -2.53. The average molecular weight is 185 g/mol. The van der Waals surface area contributed by atoms with Crippen LogP contribution in [0.3, 0.4) is 0 Å². The summed E-state index contributed by atoms with van der Waals surface area (Å²) in [5.74, 6) is -0.450. The molecule has 1 fully saturated rings. The van der Waals surface area contributed by atoms with Gasteiger partial charge < -0.3 is 9.64 Å². The number of amides is 1. The number of likely N-dealkylation sites (N-methyl/N-ethyl adjacent to an activating group) is 1. The lowest BCUT2D eigenvalue weighted by molar-refractivity contribution is -0.177. The zero-order valence-electron chi connectivity index (χ0n) is 8.46. The molecule has 1 atom stereocenters. The molecule has 1 aliphatic rings. The first-order valence-electron chi connectivity index (χ1n) is 4.27. The van der Waals surface area contributed by atoms with Gasteiger partial charge in [-0.05, 0) is 0 Å². The van der Waals surface area contributed by atoms with Crippen LogP contribution in [-0.4, -0.2) is 36.5 Å². The van der Waals surface area contributed by atoms with E-state index in [0.717, 1.165) is 0 Å². The van der Waals surface area contributed by atoms with Gasteiger partial charge in [-0.25, -0.2) is 0 Å². The number of cyclic esters (lactones) is 1. The molecule has 0 bridgehead atoms. The Labute approximate surface area is 77.8 Å². The molecule has 1 rings (SSSR count). The summed E-state index contributed by atoms with van der Waals surface area (Å²) in [5, 5.41) is 0. The van der Waals surface area contributed by atoms with Crippen LogP contribution in [0.4, 0.5) is 0 Å². The lowest BCUT2D eigenvalue weighted by atomic mass is 9.87. The molecule has 0 aromatic rings. The Morgan fingerprint density at radius 1 is 1.38 bits per heavy atom. The number of rotatable bonds is 0. The van der Waals surface area contributed by atoms with Crippen molar-refractivity contribution >= 4 is 11.9 Å². The number of ether oxygens (including phenoxy) is 1. The quantitative estimate of drug-likeness (QED) is 0.514. The molecule has 4 heteroatoms. The molecule has 1 amide bonds. The monoisotopic (exact) mass is 185 g/mol. The first-order valence-corrected chi connectivity index (χ1v) is 4.27. The fourth-order valence-electron chi connectivity index (χ4n) is 1.24. The second-order valence-corrected chi connectivity index (χ2v) is 4.43. The van der Waals surface area contributed by atoms with Crippen molar-refractivity contribution in [3.8, 4) is 0 Å². The van der Waals surface area contributed by atoms with Crippen LogP contribution in [-0.2, 0) is 14.3 Å². The predicted molar refractivity (Wildman–Crippen MR) is 47.0 cm³/mol. The third-order valence-corrected chi connectivity index (χ3v) is 2.00. The summed E-state index contributed by atoms with van der Waals surface area (Å²) in [6.07, 6.45) is -0.640. The van der Waals surface area contributed by atoms with E-state index < -0.39 is 6.10 Å². The van der Waals surface area contributed by atoms with Crippen LogP contribution in [0.5, 0.6) is 0 Å². The van der Waals surface area contributed by atoms with Gasteiger partial charge in [0.1, 0.15) is 6.54 Å². The Kier molecular flexibility index (Phi) is 2.32. The van der Waals surface area contributed by atoms with Gasteiger partial charge in [0.2, 0.25) is 0 Å². The van der Waals surface area contributed by atoms with E-state index in [-0.39, 0.29) is 23.8 Å². The van der Waals surface area contributed by atoms with Gasteiger partial charge in [-0.2, -0.15) is 0 Å². The summed E-state index contributed by atoms with van der Waals surface area (Å²) in [6.45, 7) is 5.69. The topological polar surface area (TPSA) is 46.6 Å². The van der Waals surface area contributed by atoms with Crippen LogP contribution in [0, 0.1) is 5.41 Å². The summed E-state index contributed by atoms with van der Waals surface area (Å²) in [7, 11) is 1.61. The van der Waals surface area contributed by atoms with Crippen molar-refractivity contribution < 1.29 is 14.3 Å². The van der Waals surface area contributed by atoms with E-state index in [1.165, 1.54) is 4.90 Å². The highest BCUT2D eigenvalue weighted by atomic mass is 16.6. The minimum Gasteiger partial charge on any atom is -0.450 e. The van der Waals surface area contributed by atoms with Crippen molar-refractivity contribution in [1.82, 2.24) is 4.90 Å². The first-order chi connectivity index (χ1) is 5.82. The average Bonchev–Trinajstić information content (AvgIpc) is 1.94. The van der Waals surface area contributed by atoms with Crippen LogP contribution >= 0.6 is 0 Å². The second-order valence-electron chi connectivity index (χ2n) is 4.43. The fourth-order valence-corrected chi connectivity index (χ4v) is 1.24. The molecule has 0 spiro atoms. The van der Waals surface area contributed by atoms with Gasteiger partial charge in [-0.15, -0.1) is 0 Å². The molecule has 1 heterocycles. The highest BCUT2D eigenvalue weighted by Crippen LogP contribution is 2.26. The van der Waals surface area contributed by atoms with Gasteiger partial charge in [-0.3, -0.25) is 9.59 Å². The molecule has 1 saturated heterocycles. The van der Waals surface area contributed by atoms with E-state index >= 15 is 0 Å². The third-order valence-electron chi connectivity index (χ3n) is 2.00. The van der Waals surface area contributed by atoms with Crippen molar-refractivity contribution in [3.63, 3.8) is 0 Å². The molecule has 13 heavy (non-hydrogen) atoms. The number of carbonyl (C=O) groups excluding carboxylic acids is 2. The molecule has 0 N–H and O–H groups in total. The van der Waals surface area contributed by atoms with Crippen LogP contribution in [0.25, 0.3) is 0 Å². The molecule has 1 aliphatic heterocycles. The number of esters is 1. The minimum absolute atomic E-state index is 0.0609. The van der Waals surface area contributed by atoms with E-state index in [1.807, 2.05) is 20.8 Å². The predicted octanol–water partition coefficient (Wildman–Crippen LogP) is 0.416. The maximum absolute atomic E-state index is 11.6. The number of hydrogen-bond donors (Lipinski definition) is 0. The van der Waals surface area contributed by atoms with Gasteiger partial charge >= 0.3 is 5.97 Å². The second kappa shape index (κ2) is 3.01. The summed E-state index contributed by atoms with van der Waals surface area (Å²) >= 11 is 0. The van der Waals surface area contributed by atoms with Crippen LogP contribution < -0.4 is 0 Å². The maximum Gasteiger partial charge on any atom is 0.326 e. The van der Waals surface area contributed by atoms with Crippen molar-refractivity contribution in [1.29, 1.82) is 0 Å². The first kappa shape index (κ1) is 10.0. The molecule has 0 aromatic carbocycles. The fraction of sp³-hybridized carbons (Fsp3) is 0.778. The summed E-state index contributed by atoms with van der Waals surface area (Å²) in [5.41, 5.74) is -0.332. The molecule has 0 radical (unpaired) electrons. The Morgan fingerprint density at radius 2 is 1.92 bits per heavy atom. The van der Waals surface area contributed by atoms with Crippen molar-refractivity contribution in [2.24, 2.45) is 5.41 Å². The number of carbonyl (C=O) groups is 2. The molecule has 1 unspecified atom stereocenters. The van der Waals surface area contributed by atoms with E-state index in [9.17, 15) is 9.59 Å². The van der Waals surface area contributed by atoms with E-state index in [1.54, 1.807) is 7.05 Å². The normalized spacial score (nSPS) is 24.6. The van der Waals surface area contributed by atoms with Gasteiger partial charge in [0.15, 0.2) is 6.10 Å². The Bertz CT molecular complexity index is 242. The third kappa shape index (κ3) is 1.99. The highest BCUT2D eigenvalue weighted by molar-refractivity contribution is 5.90. The van der Waals surface area contributed by atoms with E-state index in [2.05, 4.69) is 0 Å². The standard InChI is InChI=1S/C9H15NO3/c1-9(2,3)7-8(12)10(4)5-6(11)13-7/h7H,5H2,1-4H3. The van der Waals surface area contributed by atoms with E-state index in [0.29, 0.717) is 0 Å². The molecular weight excluding hydrogens is 170 g/mol. The van der Waals surface area contributed by atoms with Gasteiger partial charge in [0.05, 0.1) is 0 Å². The van der Waals surface area contributed by atoms with Crippen molar-refractivity contribution in [2.75, 3.05) is 13.6 Å². The van der Waals surface area contributed by atoms with Crippen LogP contribution in [0.2, 0.25) is 0 Å². The Balaban J connectivity index is 2.84. The van der Waals surface area contributed by atoms with Gasteiger partial charge in [-0.1, -0.05) is 20.8 Å². The zero-order chi connectivity index (χ0) is 10.2. The molecule has 0 aromatic heterocycles. The van der Waals surface area contributed by atoms with Crippen LogP contribution in [0.1, 0.15) is 20.8 Å². The molecule has 0 saturated carbocycles. The number of nitrogens with zero attached hydrogens (tertiary/aromatic N) is 1. The Hall–Kier alpha value is -1.06. The Morgan fingerprint density at radius 3 is 2.38 bits per heavy atom. The van der Waals surface area contributed by atoms with Crippen molar-refractivity contribution in [2.45, 2.75) is 26.9 Å². The largest absolute Gasteiger partial charge is 0.450 e.